The topological polar surface area (TPSA) is 97.0 Å². The molecule has 1 unspecified atom stereocenters. The second kappa shape index (κ2) is 7.29. The maximum absolute atomic E-state index is 13.3. The molecule has 0 aromatic heterocycles. The number of fused-ring (bicyclic) bond motifs is 1. The van der Waals surface area contributed by atoms with Crippen molar-refractivity contribution in [1.82, 2.24) is 10.2 Å². The van der Waals surface area contributed by atoms with Crippen LogP contribution in [0.3, 0.4) is 0 Å². The predicted molar refractivity (Wildman–Crippen MR) is 99.9 cm³/mol. The first-order chi connectivity index (χ1) is 14.2. The first-order valence-corrected chi connectivity index (χ1v) is 9.03. The van der Waals surface area contributed by atoms with Gasteiger partial charge in [-0.05, 0) is 36.8 Å². The minimum absolute atomic E-state index is 0.00840. The molecular formula is C20H17F2N3O5. The molecule has 2 N–H and O–H groups in total. The summed E-state index contributed by atoms with van der Waals surface area (Å²) in [6.45, 7) is 1.11. The largest absolute Gasteiger partial charge is 0.454 e. The molecule has 1 saturated heterocycles. The molecule has 2 aromatic rings. The van der Waals surface area contributed by atoms with Crippen molar-refractivity contribution < 1.29 is 32.6 Å². The van der Waals surface area contributed by atoms with Crippen molar-refractivity contribution in [2.75, 3.05) is 18.7 Å². The van der Waals surface area contributed by atoms with Crippen LogP contribution in [-0.2, 0) is 16.0 Å². The van der Waals surface area contributed by atoms with Gasteiger partial charge in [0, 0.05) is 18.2 Å². The minimum Gasteiger partial charge on any atom is -0.454 e. The molecule has 2 aliphatic rings. The van der Waals surface area contributed by atoms with Crippen LogP contribution < -0.4 is 20.1 Å². The molecule has 156 valence electrons. The number of hydrogen-bond donors (Lipinski definition) is 2. The fraction of sp³-hybridized carbons (Fsp3) is 0.250. The highest BCUT2D eigenvalue weighted by Crippen LogP contribution is 2.34. The monoisotopic (exact) mass is 417 g/mol. The zero-order chi connectivity index (χ0) is 21.5. The molecule has 0 aliphatic carbocycles. The van der Waals surface area contributed by atoms with Crippen LogP contribution in [0.15, 0.2) is 36.4 Å². The number of imide groups is 1. The summed E-state index contributed by atoms with van der Waals surface area (Å²) in [6, 6.07) is 7.33. The number of ether oxygens (including phenoxy) is 2. The number of amides is 4. The van der Waals surface area contributed by atoms with Crippen LogP contribution in [-0.4, -0.2) is 41.6 Å². The van der Waals surface area contributed by atoms with Crippen LogP contribution in [0, 0.1) is 11.6 Å². The van der Waals surface area contributed by atoms with Gasteiger partial charge in [0.25, 0.3) is 5.91 Å². The van der Waals surface area contributed by atoms with Crippen LogP contribution in [0.5, 0.6) is 11.5 Å². The van der Waals surface area contributed by atoms with E-state index >= 15 is 0 Å². The summed E-state index contributed by atoms with van der Waals surface area (Å²) in [6.07, 6.45) is 0.176. The van der Waals surface area contributed by atoms with Gasteiger partial charge < -0.3 is 20.1 Å². The number of benzene rings is 2. The van der Waals surface area contributed by atoms with Gasteiger partial charge in [-0.2, -0.15) is 0 Å². The normalized spacial score (nSPS) is 19.8. The lowest BCUT2D eigenvalue weighted by molar-refractivity contribution is -0.133. The highest BCUT2D eigenvalue weighted by Gasteiger charge is 2.48. The molecule has 2 aromatic carbocycles. The molecule has 1 atom stereocenters. The number of carbonyl (C=O) groups excluding carboxylic acids is 3. The van der Waals surface area contributed by atoms with E-state index in [4.69, 9.17) is 9.47 Å². The predicted octanol–water partition coefficient (Wildman–Crippen LogP) is 2.19. The lowest BCUT2D eigenvalue weighted by Gasteiger charge is -2.22. The minimum atomic E-state index is -1.26. The second-order valence-corrected chi connectivity index (χ2v) is 7.20. The van der Waals surface area contributed by atoms with Gasteiger partial charge in [0.1, 0.15) is 12.1 Å². The van der Waals surface area contributed by atoms with Crippen LogP contribution in [0.2, 0.25) is 0 Å². The second-order valence-electron chi connectivity index (χ2n) is 7.20. The lowest BCUT2D eigenvalue weighted by Crippen LogP contribution is -2.46. The average molecular weight is 417 g/mol. The fourth-order valence-corrected chi connectivity index (χ4v) is 3.39. The van der Waals surface area contributed by atoms with E-state index in [-0.39, 0.29) is 18.9 Å². The Morgan fingerprint density at radius 2 is 1.90 bits per heavy atom. The van der Waals surface area contributed by atoms with E-state index in [0.717, 1.165) is 22.6 Å². The summed E-state index contributed by atoms with van der Waals surface area (Å²) < 4.78 is 36.9. The molecule has 0 bridgehead atoms. The Morgan fingerprint density at radius 1 is 1.13 bits per heavy atom. The van der Waals surface area contributed by atoms with Crippen LogP contribution >= 0.6 is 0 Å². The molecule has 8 nitrogen and oxygen atoms in total. The van der Waals surface area contributed by atoms with Crippen LogP contribution in [0.1, 0.15) is 12.5 Å². The number of anilines is 1. The van der Waals surface area contributed by atoms with Crippen LogP contribution in [0.25, 0.3) is 0 Å². The Bertz CT molecular complexity index is 1060. The van der Waals surface area contributed by atoms with E-state index in [0.29, 0.717) is 11.5 Å². The Labute approximate surface area is 169 Å². The number of hydrogen-bond acceptors (Lipinski definition) is 5. The third-order valence-electron chi connectivity index (χ3n) is 4.84. The Hall–Kier alpha value is -3.69. The summed E-state index contributed by atoms with van der Waals surface area (Å²) in [5.41, 5.74) is -0.509. The molecule has 4 amide bonds. The van der Waals surface area contributed by atoms with Crippen molar-refractivity contribution in [3.8, 4) is 11.5 Å². The van der Waals surface area contributed by atoms with E-state index in [1.165, 1.54) is 6.07 Å². The third kappa shape index (κ3) is 3.63. The molecule has 10 heteroatoms. The maximum Gasteiger partial charge on any atom is 0.325 e. The molecule has 1 fully saturated rings. The number of nitrogens with zero attached hydrogens (tertiary/aromatic N) is 1. The van der Waals surface area contributed by atoms with E-state index in [1.54, 1.807) is 25.1 Å². The molecule has 0 saturated carbocycles. The van der Waals surface area contributed by atoms with Crippen LogP contribution in [0.4, 0.5) is 19.3 Å². The summed E-state index contributed by atoms with van der Waals surface area (Å²) >= 11 is 0. The maximum atomic E-state index is 13.3. The molecular weight excluding hydrogens is 400 g/mol. The zero-order valence-corrected chi connectivity index (χ0v) is 15.8. The van der Waals surface area contributed by atoms with E-state index in [9.17, 15) is 23.2 Å². The van der Waals surface area contributed by atoms with E-state index < -0.39 is 41.6 Å². The Balaban J connectivity index is 1.43. The third-order valence-corrected chi connectivity index (χ3v) is 4.84. The van der Waals surface area contributed by atoms with Gasteiger partial charge >= 0.3 is 6.03 Å². The first-order valence-electron chi connectivity index (χ1n) is 9.03. The standard InChI is InChI=1S/C20H17F2N3O5/c1-20(8-11-2-5-15-16(6-11)30-10-29-15)18(27)25(19(28)24-20)9-17(26)23-12-3-4-13(21)14(22)7-12/h2-7H,8-10H2,1H3,(H,23,26)(H,24,28). The molecule has 4 rings (SSSR count). The van der Waals surface area contributed by atoms with Gasteiger partial charge in [-0.1, -0.05) is 6.07 Å². The lowest BCUT2D eigenvalue weighted by atomic mass is 9.92. The quantitative estimate of drug-likeness (QED) is 0.727. The van der Waals surface area contributed by atoms with Crippen molar-refractivity contribution in [3.63, 3.8) is 0 Å². The number of rotatable bonds is 5. The van der Waals surface area contributed by atoms with E-state index in [2.05, 4.69) is 10.6 Å². The number of carbonyl (C=O) groups is 3. The average Bonchev–Trinajstić information content (AvgIpc) is 3.23. The fourth-order valence-electron chi connectivity index (χ4n) is 3.39. The molecule has 2 aliphatic heterocycles. The Kier molecular flexibility index (Phi) is 4.76. The first kappa shape index (κ1) is 19.6. The number of nitrogens with one attached hydrogen (secondary N) is 2. The van der Waals surface area contributed by atoms with Crippen molar-refractivity contribution >= 4 is 23.5 Å². The number of urea groups is 1. The van der Waals surface area contributed by atoms with Gasteiger partial charge in [-0.15, -0.1) is 0 Å². The van der Waals surface area contributed by atoms with Gasteiger partial charge in [-0.25, -0.2) is 13.6 Å². The summed E-state index contributed by atoms with van der Waals surface area (Å²) in [5, 5.41) is 4.94. The van der Waals surface area contributed by atoms with Crippen molar-refractivity contribution in [1.29, 1.82) is 0 Å². The Morgan fingerprint density at radius 3 is 2.67 bits per heavy atom. The molecule has 2 heterocycles. The van der Waals surface area contributed by atoms with Gasteiger partial charge in [-0.3, -0.25) is 14.5 Å². The molecule has 30 heavy (non-hydrogen) atoms. The number of halogens is 2. The molecule has 0 spiro atoms. The van der Waals surface area contributed by atoms with Crippen molar-refractivity contribution in [2.24, 2.45) is 0 Å². The highest BCUT2D eigenvalue weighted by atomic mass is 19.2. The van der Waals surface area contributed by atoms with Gasteiger partial charge in [0.2, 0.25) is 12.7 Å². The smallest absolute Gasteiger partial charge is 0.325 e. The molecule has 0 radical (unpaired) electrons. The summed E-state index contributed by atoms with van der Waals surface area (Å²) in [4.78, 5) is 38.2. The van der Waals surface area contributed by atoms with Crippen molar-refractivity contribution in [3.05, 3.63) is 53.6 Å². The SMILES string of the molecule is CC1(Cc2ccc3c(c2)OCO3)NC(=O)N(CC(=O)Nc2ccc(F)c(F)c2)C1=O. The summed E-state index contributed by atoms with van der Waals surface area (Å²) in [5.74, 6) is -2.33. The van der Waals surface area contributed by atoms with Gasteiger partial charge in [0.15, 0.2) is 23.1 Å². The zero-order valence-electron chi connectivity index (χ0n) is 15.8. The van der Waals surface area contributed by atoms with Crippen molar-refractivity contribution in [2.45, 2.75) is 18.9 Å². The van der Waals surface area contributed by atoms with E-state index in [1.807, 2.05) is 0 Å². The highest BCUT2D eigenvalue weighted by molar-refractivity contribution is 6.10. The van der Waals surface area contributed by atoms with Gasteiger partial charge in [0.05, 0.1) is 0 Å². The summed E-state index contributed by atoms with van der Waals surface area (Å²) in [7, 11) is 0.